The predicted octanol–water partition coefficient (Wildman–Crippen LogP) is 0.834. The predicted molar refractivity (Wildman–Crippen MR) is 54.7 cm³/mol. The molecule has 1 aliphatic rings. The average molecular weight is 186 g/mol. The average Bonchev–Trinajstić information content (AvgIpc) is 2.65. The Balaban J connectivity index is 2.64. The standard InChI is InChI=1S/C10H22N2O/c1-4-9(2)12(3)10(7-11)5-6-13-8-10/h9H,4-8,11H2,1-3H3. The number of rotatable bonds is 4. The quantitative estimate of drug-likeness (QED) is 0.707. The Labute approximate surface area is 81.2 Å². The van der Waals surface area contributed by atoms with Crippen molar-refractivity contribution in [2.24, 2.45) is 5.73 Å². The molecule has 78 valence electrons. The third kappa shape index (κ3) is 2.03. The fourth-order valence-electron chi connectivity index (χ4n) is 1.92. The minimum atomic E-state index is 0.107. The van der Waals surface area contributed by atoms with Crippen molar-refractivity contribution in [1.29, 1.82) is 0 Å². The van der Waals surface area contributed by atoms with E-state index in [1.807, 2.05) is 0 Å². The number of ether oxygens (including phenoxy) is 1. The summed E-state index contributed by atoms with van der Waals surface area (Å²) in [5.74, 6) is 0. The second kappa shape index (κ2) is 4.40. The molecule has 0 aromatic heterocycles. The van der Waals surface area contributed by atoms with Gasteiger partial charge in [-0.2, -0.15) is 0 Å². The molecular formula is C10H22N2O. The first-order valence-electron chi connectivity index (χ1n) is 5.17. The highest BCUT2D eigenvalue weighted by atomic mass is 16.5. The highest BCUT2D eigenvalue weighted by Gasteiger charge is 2.38. The number of nitrogens with zero attached hydrogens (tertiary/aromatic N) is 1. The lowest BCUT2D eigenvalue weighted by molar-refractivity contribution is 0.0637. The van der Waals surface area contributed by atoms with Gasteiger partial charge >= 0.3 is 0 Å². The van der Waals surface area contributed by atoms with E-state index >= 15 is 0 Å². The van der Waals surface area contributed by atoms with Crippen LogP contribution in [0, 0.1) is 0 Å². The van der Waals surface area contributed by atoms with Crippen molar-refractivity contribution in [3.8, 4) is 0 Å². The Morgan fingerprint density at radius 3 is 2.69 bits per heavy atom. The Bertz CT molecular complexity index is 155. The maximum atomic E-state index is 5.84. The molecular weight excluding hydrogens is 164 g/mol. The molecule has 13 heavy (non-hydrogen) atoms. The molecule has 2 atom stereocenters. The zero-order valence-electron chi connectivity index (χ0n) is 9.05. The fourth-order valence-corrected chi connectivity index (χ4v) is 1.92. The molecule has 1 aliphatic heterocycles. The molecule has 3 nitrogen and oxygen atoms in total. The zero-order chi connectivity index (χ0) is 9.90. The van der Waals surface area contributed by atoms with E-state index in [1.165, 1.54) is 0 Å². The maximum absolute atomic E-state index is 5.84. The van der Waals surface area contributed by atoms with Crippen molar-refractivity contribution >= 4 is 0 Å². The third-order valence-corrected chi connectivity index (χ3v) is 3.46. The SMILES string of the molecule is CCC(C)N(C)C1(CN)CCOC1. The Hall–Kier alpha value is -0.120. The van der Waals surface area contributed by atoms with Gasteiger partial charge in [-0.1, -0.05) is 6.92 Å². The smallest absolute Gasteiger partial charge is 0.0663 e. The summed E-state index contributed by atoms with van der Waals surface area (Å²) in [5.41, 5.74) is 5.95. The molecule has 0 amide bonds. The van der Waals surface area contributed by atoms with Crippen molar-refractivity contribution in [2.45, 2.75) is 38.3 Å². The summed E-state index contributed by atoms with van der Waals surface area (Å²) in [4.78, 5) is 2.39. The summed E-state index contributed by atoms with van der Waals surface area (Å²) >= 11 is 0. The van der Waals surface area contributed by atoms with Crippen LogP contribution in [0.4, 0.5) is 0 Å². The highest BCUT2D eigenvalue weighted by molar-refractivity contribution is 4.95. The van der Waals surface area contributed by atoms with E-state index in [9.17, 15) is 0 Å². The van der Waals surface area contributed by atoms with E-state index in [4.69, 9.17) is 10.5 Å². The second-order valence-corrected chi connectivity index (χ2v) is 4.10. The molecule has 0 aromatic rings. The molecule has 0 radical (unpaired) electrons. The molecule has 3 heteroatoms. The van der Waals surface area contributed by atoms with Gasteiger partial charge in [0.1, 0.15) is 0 Å². The van der Waals surface area contributed by atoms with Gasteiger partial charge in [-0.15, -0.1) is 0 Å². The molecule has 0 bridgehead atoms. The number of hydrogen-bond acceptors (Lipinski definition) is 3. The summed E-state index contributed by atoms with van der Waals surface area (Å²) in [6, 6.07) is 0.588. The van der Waals surface area contributed by atoms with Crippen molar-refractivity contribution in [1.82, 2.24) is 4.90 Å². The normalized spacial score (nSPS) is 31.2. The molecule has 1 rings (SSSR count). The first-order chi connectivity index (χ1) is 6.16. The van der Waals surface area contributed by atoms with Gasteiger partial charge in [-0.05, 0) is 26.8 Å². The van der Waals surface area contributed by atoms with E-state index < -0.39 is 0 Å². The number of hydrogen-bond donors (Lipinski definition) is 1. The Morgan fingerprint density at radius 1 is 1.62 bits per heavy atom. The molecule has 0 saturated carbocycles. The second-order valence-electron chi connectivity index (χ2n) is 4.10. The summed E-state index contributed by atoms with van der Waals surface area (Å²) in [7, 11) is 2.16. The van der Waals surface area contributed by atoms with Crippen LogP contribution in [0.3, 0.4) is 0 Å². The van der Waals surface area contributed by atoms with Crippen molar-refractivity contribution in [2.75, 3.05) is 26.8 Å². The van der Waals surface area contributed by atoms with Gasteiger partial charge in [-0.3, -0.25) is 4.90 Å². The van der Waals surface area contributed by atoms with E-state index in [0.717, 1.165) is 26.1 Å². The summed E-state index contributed by atoms with van der Waals surface area (Å²) in [5, 5.41) is 0. The van der Waals surface area contributed by atoms with Crippen LogP contribution in [0.5, 0.6) is 0 Å². The van der Waals surface area contributed by atoms with Crippen LogP contribution in [-0.4, -0.2) is 43.3 Å². The fraction of sp³-hybridized carbons (Fsp3) is 1.00. The number of likely N-dealkylation sites (N-methyl/N-ethyl adjacent to an activating group) is 1. The zero-order valence-corrected chi connectivity index (χ0v) is 9.05. The minimum absolute atomic E-state index is 0.107. The third-order valence-electron chi connectivity index (χ3n) is 3.46. The van der Waals surface area contributed by atoms with E-state index in [2.05, 4.69) is 25.8 Å². The van der Waals surface area contributed by atoms with Gasteiger partial charge in [0.15, 0.2) is 0 Å². The van der Waals surface area contributed by atoms with Crippen LogP contribution in [0.25, 0.3) is 0 Å². The molecule has 1 fully saturated rings. The number of nitrogens with two attached hydrogens (primary N) is 1. The van der Waals surface area contributed by atoms with Gasteiger partial charge in [0.2, 0.25) is 0 Å². The molecule has 1 heterocycles. The molecule has 2 N–H and O–H groups in total. The van der Waals surface area contributed by atoms with Gasteiger partial charge in [-0.25, -0.2) is 0 Å². The van der Waals surface area contributed by atoms with Gasteiger partial charge in [0, 0.05) is 19.2 Å². The first-order valence-corrected chi connectivity index (χ1v) is 5.17. The summed E-state index contributed by atoms with van der Waals surface area (Å²) in [6.07, 6.45) is 2.24. The largest absolute Gasteiger partial charge is 0.379 e. The monoisotopic (exact) mass is 186 g/mol. The molecule has 2 unspecified atom stereocenters. The van der Waals surface area contributed by atoms with Gasteiger partial charge in [0.25, 0.3) is 0 Å². The van der Waals surface area contributed by atoms with Crippen molar-refractivity contribution in [3.63, 3.8) is 0 Å². The Kier molecular flexibility index (Phi) is 3.71. The van der Waals surface area contributed by atoms with Crippen LogP contribution >= 0.6 is 0 Å². The first kappa shape index (κ1) is 11.0. The molecule has 0 aromatic carbocycles. The maximum Gasteiger partial charge on any atom is 0.0663 e. The van der Waals surface area contributed by atoms with Crippen molar-refractivity contribution < 1.29 is 4.74 Å². The van der Waals surface area contributed by atoms with Crippen LogP contribution in [0.1, 0.15) is 26.7 Å². The molecule has 0 spiro atoms. The van der Waals surface area contributed by atoms with Crippen molar-refractivity contribution in [3.05, 3.63) is 0 Å². The van der Waals surface area contributed by atoms with Gasteiger partial charge in [0.05, 0.1) is 12.1 Å². The summed E-state index contributed by atoms with van der Waals surface area (Å²) in [6.45, 7) is 6.81. The summed E-state index contributed by atoms with van der Waals surface area (Å²) < 4.78 is 5.45. The lowest BCUT2D eigenvalue weighted by Gasteiger charge is -2.40. The van der Waals surface area contributed by atoms with Crippen LogP contribution in [0.2, 0.25) is 0 Å². The van der Waals surface area contributed by atoms with E-state index in [0.29, 0.717) is 12.6 Å². The van der Waals surface area contributed by atoms with Gasteiger partial charge < -0.3 is 10.5 Å². The van der Waals surface area contributed by atoms with Crippen LogP contribution in [0.15, 0.2) is 0 Å². The lowest BCUT2D eigenvalue weighted by atomic mass is 9.95. The highest BCUT2D eigenvalue weighted by Crippen LogP contribution is 2.26. The molecule has 1 saturated heterocycles. The topological polar surface area (TPSA) is 38.5 Å². The Morgan fingerprint density at radius 2 is 2.31 bits per heavy atom. The molecule has 0 aliphatic carbocycles. The van der Waals surface area contributed by atoms with E-state index in [1.54, 1.807) is 0 Å². The van der Waals surface area contributed by atoms with E-state index in [-0.39, 0.29) is 5.54 Å². The van der Waals surface area contributed by atoms with Crippen LogP contribution in [-0.2, 0) is 4.74 Å². The lowest BCUT2D eigenvalue weighted by Crippen LogP contribution is -2.55. The minimum Gasteiger partial charge on any atom is -0.379 e. The van der Waals surface area contributed by atoms with Crippen LogP contribution < -0.4 is 5.73 Å².